The monoisotopic (exact) mass is 178 g/mol. The number of pyridine rings is 1. The molecule has 0 bridgehead atoms. The number of aromatic nitrogens is 1. The maximum absolute atomic E-state index is 10.8. The summed E-state index contributed by atoms with van der Waals surface area (Å²) in [7, 11) is 0. The molecular formula is C9H10N2O2. The van der Waals surface area contributed by atoms with E-state index in [-0.39, 0.29) is 5.56 Å². The van der Waals surface area contributed by atoms with Crippen LogP contribution in [-0.2, 0) is 0 Å². The van der Waals surface area contributed by atoms with Crippen LogP contribution in [0.25, 0.3) is 0 Å². The van der Waals surface area contributed by atoms with E-state index in [1.807, 2.05) is 0 Å². The first kappa shape index (κ1) is 8.04. The van der Waals surface area contributed by atoms with Gasteiger partial charge in [-0.2, -0.15) is 0 Å². The highest BCUT2D eigenvalue weighted by atomic mass is 16.4. The van der Waals surface area contributed by atoms with Gasteiger partial charge in [-0.25, -0.2) is 9.78 Å². The Morgan fingerprint density at radius 1 is 1.54 bits per heavy atom. The van der Waals surface area contributed by atoms with Gasteiger partial charge in [0.2, 0.25) is 0 Å². The normalized spacial score (nSPS) is 15.7. The number of nitrogens with two attached hydrogens (primary N) is 1. The number of hydrogen-bond acceptors (Lipinski definition) is 3. The number of carbonyl (C=O) groups is 1. The van der Waals surface area contributed by atoms with Crippen molar-refractivity contribution in [3.8, 4) is 0 Å². The molecule has 1 aromatic rings. The highest BCUT2D eigenvalue weighted by molar-refractivity contribution is 5.89. The number of carboxylic acid groups (broad SMARTS) is 1. The van der Waals surface area contributed by atoms with Crippen LogP contribution in [-0.4, -0.2) is 16.1 Å². The standard InChI is InChI=1S/C9H10N2O2/c10-7-4-3-6(9(12)13)8(11-7)5-1-2-5/h3-5H,1-2H2,(H2,10,11)(H,12,13). The molecule has 2 rings (SSSR count). The van der Waals surface area contributed by atoms with Crippen molar-refractivity contribution < 1.29 is 9.90 Å². The number of nitrogens with zero attached hydrogens (tertiary/aromatic N) is 1. The molecule has 1 aliphatic carbocycles. The Bertz CT molecular complexity index is 359. The minimum atomic E-state index is -0.922. The van der Waals surface area contributed by atoms with E-state index < -0.39 is 5.97 Å². The molecule has 0 aliphatic heterocycles. The molecule has 13 heavy (non-hydrogen) atoms. The fraction of sp³-hybridized carbons (Fsp3) is 0.333. The quantitative estimate of drug-likeness (QED) is 0.714. The zero-order valence-electron chi connectivity index (χ0n) is 7.03. The number of hydrogen-bond donors (Lipinski definition) is 2. The molecule has 1 heterocycles. The number of anilines is 1. The van der Waals surface area contributed by atoms with E-state index in [4.69, 9.17) is 10.8 Å². The summed E-state index contributed by atoms with van der Waals surface area (Å²) in [5, 5.41) is 8.85. The van der Waals surface area contributed by atoms with E-state index >= 15 is 0 Å². The molecule has 0 radical (unpaired) electrons. The van der Waals surface area contributed by atoms with Gasteiger partial charge in [0.1, 0.15) is 5.82 Å². The lowest BCUT2D eigenvalue weighted by molar-refractivity contribution is 0.0695. The highest BCUT2D eigenvalue weighted by Gasteiger charge is 2.29. The summed E-state index contributed by atoms with van der Waals surface area (Å²) in [5.41, 5.74) is 6.42. The third kappa shape index (κ3) is 1.47. The van der Waals surface area contributed by atoms with Crippen LogP contribution in [0.1, 0.15) is 34.8 Å². The molecule has 4 heteroatoms. The molecule has 1 aromatic heterocycles. The fourth-order valence-corrected chi connectivity index (χ4v) is 1.34. The van der Waals surface area contributed by atoms with E-state index in [2.05, 4.69) is 4.98 Å². The zero-order valence-corrected chi connectivity index (χ0v) is 7.03. The summed E-state index contributed by atoms with van der Waals surface area (Å²) in [6.45, 7) is 0. The number of nitrogen functional groups attached to an aromatic ring is 1. The van der Waals surface area contributed by atoms with Crippen molar-refractivity contribution >= 4 is 11.8 Å². The van der Waals surface area contributed by atoms with Crippen molar-refractivity contribution in [3.63, 3.8) is 0 Å². The largest absolute Gasteiger partial charge is 0.478 e. The van der Waals surface area contributed by atoms with Gasteiger partial charge in [0, 0.05) is 5.92 Å². The molecule has 0 aromatic carbocycles. The van der Waals surface area contributed by atoms with Gasteiger partial charge >= 0.3 is 5.97 Å². The summed E-state index contributed by atoms with van der Waals surface area (Å²) < 4.78 is 0. The Hall–Kier alpha value is -1.58. The molecule has 0 spiro atoms. The van der Waals surface area contributed by atoms with Crippen molar-refractivity contribution in [2.45, 2.75) is 18.8 Å². The summed E-state index contributed by atoms with van der Waals surface area (Å²) in [6, 6.07) is 3.05. The van der Waals surface area contributed by atoms with Gasteiger partial charge in [-0.05, 0) is 25.0 Å². The van der Waals surface area contributed by atoms with Gasteiger partial charge in [-0.15, -0.1) is 0 Å². The topological polar surface area (TPSA) is 76.2 Å². The molecule has 3 N–H and O–H groups in total. The third-order valence-corrected chi connectivity index (χ3v) is 2.14. The Kier molecular flexibility index (Phi) is 1.69. The van der Waals surface area contributed by atoms with Crippen molar-refractivity contribution in [2.75, 3.05) is 5.73 Å². The maximum atomic E-state index is 10.8. The summed E-state index contributed by atoms with van der Waals surface area (Å²) in [6.07, 6.45) is 2.05. The number of rotatable bonds is 2. The lowest BCUT2D eigenvalue weighted by Gasteiger charge is -2.03. The molecule has 0 saturated heterocycles. The third-order valence-electron chi connectivity index (χ3n) is 2.14. The Morgan fingerprint density at radius 2 is 2.23 bits per heavy atom. The second-order valence-electron chi connectivity index (χ2n) is 3.25. The van der Waals surface area contributed by atoms with E-state index in [0.717, 1.165) is 12.8 Å². The predicted molar refractivity (Wildman–Crippen MR) is 47.6 cm³/mol. The summed E-state index contributed by atoms with van der Waals surface area (Å²) in [5.74, 6) is -0.212. The minimum Gasteiger partial charge on any atom is -0.478 e. The Balaban J connectivity index is 2.47. The van der Waals surface area contributed by atoms with E-state index in [1.165, 1.54) is 12.1 Å². The number of aromatic carboxylic acids is 1. The minimum absolute atomic E-state index is 0.289. The van der Waals surface area contributed by atoms with Gasteiger partial charge in [-0.1, -0.05) is 0 Å². The molecular weight excluding hydrogens is 168 g/mol. The van der Waals surface area contributed by atoms with E-state index in [9.17, 15) is 4.79 Å². The highest BCUT2D eigenvalue weighted by Crippen LogP contribution is 2.40. The van der Waals surface area contributed by atoms with Crippen LogP contribution in [0, 0.1) is 0 Å². The van der Waals surface area contributed by atoms with Crippen LogP contribution in [0.3, 0.4) is 0 Å². The van der Waals surface area contributed by atoms with Gasteiger partial charge < -0.3 is 10.8 Å². The fourth-order valence-electron chi connectivity index (χ4n) is 1.34. The molecule has 4 nitrogen and oxygen atoms in total. The molecule has 0 atom stereocenters. The smallest absolute Gasteiger partial charge is 0.337 e. The Morgan fingerprint density at radius 3 is 2.77 bits per heavy atom. The first-order valence-electron chi connectivity index (χ1n) is 4.18. The van der Waals surface area contributed by atoms with E-state index in [1.54, 1.807) is 0 Å². The van der Waals surface area contributed by atoms with Crippen molar-refractivity contribution in [1.29, 1.82) is 0 Å². The van der Waals surface area contributed by atoms with Crippen LogP contribution in [0.5, 0.6) is 0 Å². The summed E-state index contributed by atoms with van der Waals surface area (Å²) >= 11 is 0. The SMILES string of the molecule is Nc1ccc(C(=O)O)c(C2CC2)n1. The van der Waals surface area contributed by atoms with Crippen molar-refractivity contribution in [3.05, 3.63) is 23.4 Å². The van der Waals surface area contributed by atoms with Crippen molar-refractivity contribution in [1.82, 2.24) is 4.98 Å². The second-order valence-corrected chi connectivity index (χ2v) is 3.25. The first-order chi connectivity index (χ1) is 6.18. The van der Waals surface area contributed by atoms with Gasteiger partial charge in [0.25, 0.3) is 0 Å². The van der Waals surface area contributed by atoms with Crippen LogP contribution >= 0.6 is 0 Å². The van der Waals surface area contributed by atoms with Gasteiger partial charge in [0.15, 0.2) is 0 Å². The van der Waals surface area contributed by atoms with Gasteiger partial charge in [-0.3, -0.25) is 0 Å². The molecule has 1 saturated carbocycles. The lowest BCUT2D eigenvalue weighted by Crippen LogP contribution is -2.05. The van der Waals surface area contributed by atoms with E-state index in [0.29, 0.717) is 17.4 Å². The molecule has 0 amide bonds. The molecule has 1 fully saturated rings. The summed E-state index contributed by atoms with van der Waals surface area (Å²) in [4.78, 5) is 14.8. The predicted octanol–water partition coefficient (Wildman–Crippen LogP) is 1.24. The molecule has 68 valence electrons. The van der Waals surface area contributed by atoms with Gasteiger partial charge in [0.05, 0.1) is 11.3 Å². The maximum Gasteiger partial charge on any atom is 0.337 e. The lowest BCUT2D eigenvalue weighted by atomic mass is 10.1. The van der Waals surface area contributed by atoms with Crippen LogP contribution in [0.15, 0.2) is 12.1 Å². The second kappa shape index (κ2) is 2.73. The average Bonchev–Trinajstić information content (AvgIpc) is 2.85. The average molecular weight is 178 g/mol. The van der Waals surface area contributed by atoms with Crippen molar-refractivity contribution in [2.24, 2.45) is 0 Å². The zero-order chi connectivity index (χ0) is 9.42. The molecule has 0 unspecified atom stereocenters. The van der Waals surface area contributed by atoms with Crippen LogP contribution in [0.2, 0.25) is 0 Å². The first-order valence-corrected chi connectivity index (χ1v) is 4.18. The Labute approximate surface area is 75.4 Å². The van der Waals surface area contributed by atoms with Crippen LogP contribution < -0.4 is 5.73 Å². The molecule has 1 aliphatic rings. The number of carboxylic acids is 1. The van der Waals surface area contributed by atoms with Crippen LogP contribution in [0.4, 0.5) is 5.82 Å².